The van der Waals surface area contributed by atoms with Gasteiger partial charge in [0, 0.05) is 0 Å². The summed E-state index contributed by atoms with van der Waals surface area (Å²) >= 11 is 0.633. The molecule has 158 valence electrons. The fourth-order valence-corrected chi connectivity index (χ4v) is 10.5. The van der Waals surface area contributed by atoms with Crippen molar-refractivity contribution in [2.24, 2.45) is 0 Å². The van der Waals surface area contributed by atoms with Crippen LogP contribution in [0.25, 0.3) is 0 Å². The first kappa shape index (κ1) is 21.5. The predicted octanol–water partition coefficient (Wildman–Crippen LogP) is 5.40. The molecule has 1 aliphatic carbocycles. The van der Waals surface area contributed by atoms with Gasteiger partial charge in [0.2, 0.25) is 0 Å². The van der Waals surface area contributed by atoms with Crippen molar-refractivity contribution >= 4 is 38.8 Å². The van der Waals surface area contributed by atoms with Crippen molar-refractivity contribution in [3.8, 4) is 0 Å². The van der Waals surface area contributed by atoms with Gasteiger partial charge in [0.1, 0.15) is 0 Å². The van der Waals surface area contributed by atoms with E-state index in [-0.39, 0.29) is 5.41 Å². The van der Waals surface area contributed by atoms with Crippen LogP contribution in [0.3, 0.4) is 0 Å². The number of hydrogen-bond acceptors (Lipinski definition) is 0. The molecule has 0 saturated carbocycles. The van der Waals surface area contributed by atoms with E-state index in [9.17, 15) is 0 Å². The van der Waals surface area contributed by atoms with Crippen LogP contribution < -0.4 is 8.92 Å². The third-order valence-electron chi connectivity index (χ3n) is 6.33. The van der Waals surface area contributed by atoms with Crippen molar-refractivity contribution in [2.75, 3.05) is 0 Å². The quantitative estimate of drug-likeness (QED) is 0.285. The van der Waals surface area contributed by atoms with E-state index in [2.05, 4.69) is 128 Å². The molecule has 0 radical (unpaired) electrons. The topological polar surface area (TPSA) is 0 Å². The molecule has 0 fully saturated rings. The Morgan fingerprint density at radius 3 is 1.62 bits per heavy atom. The molecule has 2 heteroatoms. The molecule has 0 nitrogen and oxygen atoms in total. The Morgan fingerprint density at radius 1 is 0.594 bits per heavy atom. The van der Waals surface area contributed by atoms with Crippen LogP contribution in [-0.4, -0.2) is 29.9 Å². The average Bonchev–Trinajstić information content (AvgIpc) is 3.14. The van der Waals surface area contributed by atoms with Gasteiger partial charge in [-0.15, -0.1) is 0 Å². The Morgan fingerprint density at radius 2 is 1.06 bits per heavy atom. The van der Waals surface area contributed by atoms with Gasteiger partial charge in [0.25, 0.3) is 0 Å². The molecule has 0 amide bonds. The van der Waals surface area contributed by atoms with Crippen LogP contribution in [0, 0.1) is 0 Å². The molecule has 0 spiro atoms. The number of allylic oxidation sites excluding steroid dienone is 2. The molecule has 0 N–H and O–H groups in total. The average molecular weight is 544 g/mol. The molecule has 32 heavy (non-hydrogen) atoms. The Labute approximate surface area is 204 Å². The van der Waals surface area contributed by atoms with Crippen LogP contribution in [0.1, 0.15) is 30.4 Å². The second-order valence-electron chi connectivity index (χ2n) is 8.32. The minimum atomic E-state index is 0.00428. The third-order valence-corrected chi connectivity index (χ3v) is 12.3. The fraction of sp³-hybridized carbons (Fsp3) is 0.133. The minimum absolute atomic E-state index is 0.00428. The van der Waals surface area contributed by atoms with Crippen LogP contribution in [-0.2, 0) is 5.41 Å². The van der Waals surface area contributed by atoms with E-state index in [1.807, 2.05) is 0 Å². The molecule has 0 heterocycles. The number of benzene rings is 4. The van der Waals surface area contributed by atoms with Crippen LogP contribution in [0.4, 0.5) is 0 Å². The van der Waals surface area contributed by atoms with Crippen LogP contribution in [0.15, 0.2) is 130 Å². The molecule has 0 aromatic heterocycles. The van der Waals surface area contributed by atoms with Gasteiger partial charge < -0.3 is 0 Å². The van der Waals surface area contributed by atoms with Crippen LogP contribution >= 0.6 is 0 Å². The molecule has 4 aromatic carbocycles. The molecule has 0 aliphatic heterocycles. The number of rotatable bonds is 6. The van der Waals surface area contributed by atoms with E-state index in [4.69, 9.17) is 0 Å². The molecular formula is C30H26Se2. The first-order chi connectivity index (χ1) is 15.7. The van der Waals surface area contributed by atoms with E-state index >= 15 is 0 Å². The van der Waals surface area contributed by atoms with Gasteiger partial charge in [-0.2, -0.15) is 0 Å². The molecule has 5 rings (SSSR count). The Hall–Kier alpha value is -2.34. The van der Waals surface area contributed by atoms with Gasteiger partial charge in [-0.25, -0.2) is 0 Å². The van der Waals surface area contributed by atoms with Gasteiger partial charge >= 0.3 is 205 Å². The maximum atomic E-state index is 2.51. The van der Waals surface area contributed by atoms with E-state index in [1.165, 1.54) is 20.1 Å². The Bertz CT molecular complexity index is 1180. The van der Waals surface area contributed by atoms with Crippen molar-refractivity contribution in [2.45, 2.75) is 24.7 Å². The summed E-state index contributed by atoms with van der Waals surface area (Å²) in [5.74, 6) is 0.465. The SMILES string of the molecule is CC1(c2ccccc2)C([Se]c2ccccc2)=C([Se]c2ccccc2)CC1c1ccccc1. The Kier molecular flexibility index (Phi) is 6.49. The summed E-state index contributed by atoms with van der Waals surface area (Å²) < 4.78 is 6.31. The van der Waals surface area contributed by atoms with E-state index in [0.29, 0.717) is 35.8 Å². The molecule has 2 unspecified atom stereocenters. The second-order valence-corrected chi connectivity index (χ2v) is 13.0. The summed E-state index contributed by atoms with van der Waals surface area (Å²) in [5.41, 5.74) is 2.91. The van der Waals surface area contributed by atoms with Crippen molar-refractivity contribution < 1.29 is 0 Å². The molecule has 0 saturated heterocycles. The van der Waals surface area contributed by atoms with Gasteiger partial charge in [-0.1, -0.05) is 0 Å². The standard InChI is InChI=1S/C30H26Se2/c1-30(24-16-8-3-9-17-24)27(23-14-6-2-7-15-23)22-28(31-25-18-10-4-11-19-25)29(30)32-26-20-12-5-13-21-26/h2-21,27H,22H2,1H3. The fourth-order valence-electron chi connectivity index (χ4n) is 4.67. The summed E-state index contributed by atoms with van der Waals surface area (Å²) in [6, 6.07) is 44.6. The van der Waals surface area contributed by atoms with Crippen molar-refractivity contribution in [3.63, 3.8) is 0 Å². The summed E-state index contributed by atoms with van der Waals surface area (Å²) in [5, 5.41) is 0. The summed E-state index contributed by atoms with van der Waals surface area (Å²) in [7, 11) is 0. The monoisotopic (exact) mass is 546 g/mol. The third kappa shape index (κ3) is 4.29. The molecular weight excluding hydrogens is 518 g/mol. The van der Waals surface area contributed by atoms with Crippen molar-refractivity contribution in [1.29, 1.82) is 0 Å². The molecule has 1 aliphatic rings. The first-order valence-electron chi connectivity index (χ1n) is 11.0. The van der Waals surface area contributed by atoms with Crippen LogP contribution in [0.2, 0.25) is 0 Å². The predicted molar refractivity (Wildman–Crippen MR) is 138 cm³/mol. The van der Waals surface area contributed by atoms with E-state index in [0.717, 1.165) is 6.42 Å². The summed E-state index contributed by atoms with van der Waals surface area (Å²) in [6.45, 7) is 2.51. The zero-order chi connectivity index (χ0) is 21.8. The van der Waals surface area contributed by atoms with Crippen LogP contribution in [0.5, 0.6) is 0 Å². The molecule has 0 bridgehead atoms. The maximum absolute atomic E-state index is 2.51. The summed E-state index contributed by atoms with van der Waals surface area (Å²) in [6.07, 6.45) is 1.15. The van der Waals surface area contributed by atoms with Gasteiger partial charge in [-0.3, -0.25) is 0 Å². The van der Waals surface area contributed by atoms with Gasteiger partial charge in [-0.05, 0) is 0 Å². The molecule has 4 aromatic rings. The first-order valence-corrected chi connectivity index (χ1v) is 14.5. The van der Waals surface area contributed by atoms with Crippen molar-refractivity contribution in [3.05, 3.63) is 141 Å². The van der Waals surface area contributed by atoms with Crippen molar-refractivity contribution in [1.82, 2.24) is 0 Å². The van der Waals surface area contributed by atoms with Gasteiger partial charge in [0.05, 0.1) is 0 Å². The number of hydrogen-bond donors (Lipinski definition) is 0. The van der Waals surface area contributed by atoms with E-state index in [1.54, 1.807) is 8.94 Å². The van der Waals surface area contributed by atoms with E-state index < -0.39 is 0 Å². The zero-order valence-electron chi connectivity index (χ0n) is 18.1. The van der Waals surface area contributed by atoms with Gasteiger partial charge in [0.15, 0.2) is 0 Å². The summed E-state index contributed by atoms with van der Waals surface area (Å²) in [4.78, 5) is 0. The molecule has 2 atom stereocenters. The normalized spacial score (nSPS) is 20.5. The second kappa shape index (κ2) is 9.65. The Balaban J connectivity index is 1.67. The zero-order valence-corrected chi connectivity index (χ0v) is 21.6.